The van der Waals surface area contributed by atoms with E-state index < -0.39 is 23.9 Å². The van der Waals surface area contributed by atoms with Crippen molar-refractivity contribution in [2.75, 3.05) is 18.8 Å². The highest BCUT2D eigenvalue weighted by atomic mass is 32.1. The number of nitrogens with one attached hydrogen (secondary N) is 3. The van der Waals surface area contributed by atoms with Crippen LogP contribution in [0.2, 0.25) is 0 Å². The van der Waals surface area contributed by atoms with Crippen LogP contribution in [-0.4, -0.2) is 54.4 Å². The van der Waals surface area contributed by atoms with Crippen LogP contribution in [0.3, 0.4) is 0 Å². The first kappa shape index (κ1) is 16.4. The summed E-state index contributed by atoms with van der Waals surface area (Å²) < 4.78 is 0. The molecule has 20 heavy (non-hydrogen) atoms. The number of primary amides is 1. The molecule has 1 fully saturated rings. The molecule has 9 heteroatoms. The van der Waals surface area contributed by atoms with Gasteiger partial charge in [-0.1, -0.05) is 0 Å². The molecule has 0 bridgehead atoms. The topological polar surface area (TPSA) is 130 Å². The predicted octanol–water partition coefficient (Wildman–Crippen LogP) is -2.68. The molecular weight excluding hydrogens is 284 g/mol. The number of nitrogens with two attached hydrogens (primary N) is 1. The van der Waals surface area contributed by atoms with Crippen LogP contribution in [0.1, 0.15) is 12.8 Å². The Kier molecular flexibility index (Phi) is 6.46. The summed E-state index contributed by atoms with van der Waals surface area (Å²) in [5.74, 6) is -1.49. The van der Waals surface area contributed by atoms with E-state index in [4.69, 9.17) is 5.73 Å². The van der Waals surface area contributed by atoms with Gasteiger partial charge >= 0.3 is 0 Å². The Morgan fingerprint density at radius 3 is 2.70 bits per heavy atom. The minimum atomic E-state index is -0.720. The van der Waals surface area contributed by atoms with Gasteiger partial charge in [0, 0.05) is 12.2 Å². The fourth-order valence-electron chi connectivity index (χ4n) is 1.74. The summed E-state index contributed by atoms with van der Waals surface area (Å²) in [6, 6.07) is -1.38. The Balaban J connectivity index is 2.65. The molecule has 0 aromatic heterocycles. The van der Waals surface area contributed by atoms with Gasteiger partial charge in [-0.05, 0) is 6.42 Å². The molecule has 112 valence electrons. The van der Waals surface area contributed by atoms with E-state index in [1.165, 1.54) is 0 Å². The second kappa shape index (κ2) is 7.85. The minimum absolute atomic E-state index is 0.0554. The molecule has 0 spiro atoms. The maximum Gasteiger partial charge on any atom is 0.237 e. The van der Waals surface area contributed by atoms with E-state index in [1.54, 1.807) is 0 Å². The van der Waals surface area contributed by atoms with E-state index >= 15 is 0 Å². The highest BCUT2D eigenvalue weighted by molar-refractivity contribution is 7.80. The van der Waals surface area contributed by atoms with Gasteiger partial charge in [0.2, 0.25) is 17.7 Å². The lowest BCUT2D eigenvalue weighted by molar-refractivity contribution is -0.126. The molecule has 5 N–H and O–H groups in total. The third-order valence-electron chi connectivity index (χ3n) is 2.84. The van der Waals surface area contributed by atoms with Gasteiger partial charge in [-0.25, -0.2) is 0 Å². The fourth-order valence-corrected chi connectivity index (χ4v) is 2.04. The van der Waals surface area contributed by atoms with E-state index in [0.717, 1.165) is 0 Å². The Bertz CT molecular complexity index is 415. The highest BCUT2D eigenvalue weighted by Gasteiger charge is 2.26. The molecule has 1 aliphatic rings. The molecule has 0 saturated carbocycles. The van der Waals surface area contributed by atoms with Crippen molar-refractivity contribution in [3.63, 3.8) is 0 Å². The number of hydrogen-bond acceptors (Lipinski definition) is 6. The third-order valence-corrected chi connectivity index (χ3v) is 3.21. The van der Waals surface area contributed by atoms with Crippen molar-refractivity contribution >= 4 is 36.1 Å². The number of carbonyl (C=O) groups excluding carboxylic acids is 4. The van der Waals surface area contributed by atoms with Crippen LogP contribution >= 0.6 is 12.6 Å². The van der Waals surface area contributed by atoms with Crippen LogP contribution < -0.4 is 21.7 Å². The summed E-state index contributed by atoms with van der Waals surface area (Å²) in [4.78, 5) is 45.8. The second-order valence-corrected chi connectivity index (χ2v) is 4.79. The first-order chi connectivity index (χ1) is 9.43. The maximum atomic E-state index is 11.8. The number of hydrogen-bond donors (Lipinski definition) is 5. The average molecular weight is 302 g/mol. The molecule has 1 rings (SSSR count). The Morgan fingerprint density at radius 1 is 1.40 bits per heavy atom. The minimum Gasteiger partial charge on any atom is -0.368 e. The number of ketones is 1. The zero-order valence-electron chi connectivity index (χ0n) is 10.8. The van der Waals surface area contributed by atoms with E-state index in [2.05, 4.69) is 28.6 Å². The summed E-state index contributed by atoms with van der Waals surface area (Å²) in [5.41, 5.74) is 4.93. The van der Waals surface area contributed by atoms with Crippen molar-refractivity contribution in [2.45, 2.75) is 24.9 Å². The van der Waals surface area contributed by atoms with Gasteiger partial charge in [-0.2, -0.15) is 12.6 Å². The van der Waals surface area contributed by atoms with Crippen LogP contribution in [0.15, 0.2) is 0 Å². The van der Waals surface area contributed by atoms with Crippen LogP contribution in [-0.2, 0) is 19.2 Å². The largest absolute Gasteiger partial charge is 0.368 e. The van der Waals surface area contributed by atoms with Crippen molar-refractivity contribution in [3.05, 3.63) is 0 Å². The molecule has 0 aliphatic carbocycles. The van der Waals surface area contributed by atoms with Crippen molar-refractivity contribution in [1.29, 1.82) is 0 Å². The Labute approximate surface area is 121 Å². The lowest BCUT2D eigenvalue weighted by Gasteiger charge is -2.16. The summed E-state index contributed by atoms with van der Waals surface area (Å²) in [6.07, 6.45) is 0.322. The molecular formula is C11H18N4O4S. The SMILES string of the molecule is NC(=O)CNC(=O)C1CCC(=O)NC(CS)C(=O)CN1. The van der Waals surface area contributed by atoms with Gasteiger partial charge in [0.1, 0.15) is 0 Å². The summed E-state index contributed by atoms with van der Waals surface area (Å²) in [7, 11) is 0. The van der Waals surface area contributed by atoms with Crippen molar-refractivity contribution in [3.8, 4) is 0 Å². The number of Topliss-reactive ketones (excluding diaryl/α,β-unsaturated/α-hetero) is 1. The average Bonchev–Trinajstić information content (AvgIpc) is 2.47. The molecule has 0 radical (unpaired) electrons. The second-order valence-electron chi connectivity index (χ2n) is 4.43. The standard InChI is InChI=1S/C11H18N4O4S/c12-9(17)4-14-11(19)6-1-2-10(18)15-7(5-20)8(16)3-13-6/h6-7,13,20H,1-5H2,(H2,12,17)(H,14,19)(H,15,18). The quantitative estimate of drug-likeness (QED) is 0.361. The van der Waals surface area contributed by atoms with Crippen molar-refractivity contribution in [2.24, 2.45) is 5.73 Å². The number of rotatable bonds is 4. The van der Waals surface area contributed by atoms with Crippen LogP contribution in [0.5, 0.6) is 0 Å². The first-order valence-electron chi connectivity index (χ1n) is 6.16. The molecule has 2 unspecified atom stereocenters. The number of amides is 3. The first-order valence-corrected chi connectivity index (χ1v) is 6.79. The third kappa shape index (κ3) is 5.17. The maximum absolute atomic E-state index is 11.8. The van der Waals surface area contributed by atoms with E-state index in [1.807, 2.05) is 0 Å². The Hall–Kier alpha value is -1.61. The van der Waals surface area contributed by atoms with Crippen molar-refractivity contribution < 1.29 is 19.2 Å². The predicted molar refractivity (Wildman–Crippen MR) is 74.0 cm³/mol. The van der Waals surface area contributed by atoms with Gasteiger partial charge in [0.15, 0.2) is 5.78 Å². The van der Waals surface area contributed by atoms with E-state index in [0.29, 0.717) is 0 Å². The summed E-state index contributed by atoms with van der Waals surface area (Å²) >= 11 is 4.01. The number of carbonyl (C=O) groups is 4. The summed E-state index contributed by atoms with van der Waals surface area (Å²) in [6.45, 7) is -0.337. The van der Waals surface area contributed by atoms with Crippen LogP contribution in [0, 0.1) is 0 Å². The molecule has 0 aromatic rings. The number of thiol groups is 1. The summed E-state index contributed by atoms with van der Waals surface area (Å²) in [5, 5.41) is 7.68. The van der Waals surface area contributed by atoms with Gasteiger partial charge < -0.3 is 16.4 Å². The molecule has 1 heterocycles. The van der Waals surface area contributed by atoms with Crippen LogP contribution in [0.25, 0.3) is 0 Å². The molecule has 0 aromatic carbocycles. The van der Waals surface area contributed by atoms with E-state index in [-0.39, 0.29) is 43.4 Å². The van der Waals surface area contributed by atoms with Gasteiger partial charge in [-0.3, -0.25) is 24.5 Å². The molecule has 3 amide bonds. The molecule has 1 saturated heterocycles. The lowest BCUT2D eigenvalue weighted by Crippen LogP contribution is -2.49. The zero-order valence-corrected chi connectivity index (χ0v) is 11.7. The van der Waals surface area contributed by atoms with E-state index in [9.17, 15) is 19.2 Å². The van der Waals surface area contributed by atoms with Gasteiger partial charge in [0.05, 0.1) is 25.2 Å². The van der Waals surface area contributed by atoms with Gasteiger partial charge in [0.25, 0.3) is 0 Å². The van der Waals surface area contributed by atoms with Crippen LogP contribution in [0.4, 0.5) is 0 Å². The molecule has 2 atom stereocenters. The smallest absolute Gasteiger partial charge is 0.237 e. The Morgan fingerprint density at radius 2 is 2.10 bits per heavy atom. The molecule has 1 aliphatic heterocycles. The monoisotopic (exact) mass is 302 g/mol. The fraction of sp³-hybridized carbons (Fsp3) is 0.636. The molecule has 8 nitrogen and oxygen atoms in total. The lowest BCUT2D eigenvalue weighted by atomic mass is 10.1. The van der Waals surface area contributed by atoms with Crippen molar-refractivity contribution in [1.82, 2.24) is 16.0 Å². The van der Waals surface area contributed by atoms with Gasteiger partial charge in [-0.15, -0.1) is 0 Å². The normalized spacial score (nSPS) is 24.1. The highest BCUT2D eigenvalue weighted by Crippen LogP contribution is 2.03. The zero-order chi connectivity index (χ0) is 15.1.